The van der Waals surface area contributed by atoms with Crippen LogP contribution in [0.25, 0.3) is 0 Å². The van der Waals surface area contributed by atoms with Gasteiger partial charge in [0.25, 0.3) is 11.8 Å². The van der Waals surface area contributed by atoms with Crippen molar-refractivity contribution in [2.75, 3.05) is 25.4 Å². The Morgan fingerprint density at radius 3 is 2.52 bits per heavy atom. The third-order valence-corrected chi connectivity index (χ3v) is 2.65. The Hall–Kier alpha value is -3.17. The second-order valence-corrected chi connectivity index (χ2v) is 4.35. The molecule has 1 heterocycles. The number of nitrogen functional groups attached to an aromatic ring is 1. The summed E-state index contributed by atoms with van der Waals surface area (Å²) in [5.74, 6) is -1.06. The van der Waals surface area contributed by atoms with Crippen molar-refractivity contribution in [1.82, 2.24) is 20.9 Å². The number of amides is 2. The Kier molecular flexibility index (Phi) is 5.45. The van der Waals surface area contributed by atoms with E-state index in [-0.39, 0.29) is 42.9 Å². The fraction of sp³-hybridized carbons (Fsp3) is 0.231. The summed E-state index contributed by atoms with van der Waals surface area (Å²) in [6, 6.07) is 5.29. The van der Waals surface area contributed by atoms with Gasteiger partial charge in [0.05, 0.1) is 0 Å². The predicted octanol–water partition coefficient (Wildman–Crippen LogP) is -0.284. The lowest BCUT2D eigenvalue weighted by molar-refractivity contribution is -0.123. The van der Waals surface area contributed by atoms with Gasteiger partial charge in [0.2, 0.25) is 11.5 Å². The lowest BCUT2D eigenvalue weighted by atomic mass is 10.3. The van der Waals surface area contributed by atoms with Crippen LogP contribution in [0, 0.1) is 5.82 Å². The van der Waals surface area contributed by atoms with E-state index >= 15 is 0 Å². The standard InChI is InChI=1S/C13H14FN5O4/c14-8-1-3-9(4-2-8)22-7-10(20)16-5-6-17-13(21)11-12(15)19-23-18-11/h1-4H,5-7H2,(H2,15,19)(H,16,20)(H,17,21). The number of hydrogen-bond donors (Lipinski definition) is 3. The van der Waals surface area contributed by atoms with Crippen molar-refractivity contribution in [3.8, 4) is 5.75 Å². The highest BCUT2D eigenvalue weighted by Gasteiger charge is 2.15. The molecule has 9 nitrogen and oxygen atoms in total. The average Bonchev–Trinajstić information content (AvgIpc) is 2.97. The lowest BCUT2D eigenvalue weighted by Gasteiger charge is -2.08. The van der Waals surface area contributed by atoms with Crippen LogP contribution >= 0.6 is 0 Å². The van der Waals surface area contributed by atoms with Crippen molar-refractivity contribution in [2.45, 2.75) is 0 Å². The molecule has 2 aromatic rings. The number of hydrogen-bond acceptors (Lipinski definition) is 7. The van der Waals surface area contributed by atoms with Crippen LogP contribution in [0.1, 0.15) is 10.5 Å². The van der Waals surface area contributed by atoms with E-state index in [1.54, 1.807) is 0 Å². The van der Waals surface area contributed by atoms with Gasteiger partial charge in [-0.05, 0) is 34.6 Å². The van der Waals surface area contributed by atoms with Gasteiger partial charge in [-0.3, -0.25) is 9.59 Å². The Bertz CT molecular complexity index is 673. The second-order valence-electron chi connectivity index (χ2n) is 4.35. The number of benzene rings is 1. The summed E-state index contributed by atoms with van der Waals surface area (Å²) in [5.41, 5.74) is 5.25. The maximum Gasteiger partial charge on any atom is 0.277 e. The van der Waals surface area contributed by atoms with Gasteiger partial charge in [-0.15, -0.1) is 0 Å². The first-order valence-electron chi connectivity index (χ1n) is 6.57. The smallest absolute Gasteiger partial charge is 0.277 e. The molecule has 122 valence electrons. The molecule has 1 aromatic heterocycles. The molecule has 0 saturated carbocycles. The van der Waals surface area contributed by atoms with Gasteiger partial charge in [-0.25, -0.2) is 9.02 Å². The molecule has 0 aliphatic rings. The molecule has 0 fully saturated rings. The molecule has 0 atom stereocenters. The summed E-state index contributed by atoms with van der Waals surface area (Å²) in [7, 11) is 0. The number of carbonyl (C=O) groups excluding carboxylic acids is 2. The van der Waals surface area contributed by atoms with Crippen LogP contribution in [0.4, 0.5) is 10.2 Å². The van der Waals surface area contributed by atoms with Crippen LogP contribution in [-0.2, 0) is 4.79 Å². The highest BCUT2D eigenvalue weighted by molar-refractivity contribution is 5.95. The zero-order valence-corrected chi connectivity index (χ0v) is 11.9. The Morgan fingerprint density at radius 2 is 1.87 bits per heavy atom. The quantitative estimate of drug-likeness (QED) is 0.597. The summed E-state index contributed by atoms with van der Waals surface area (Å²) < 4.78 is 22.2. The Labute approximate surface area is 129 Å². The summed E-state index contributed by atoms with van der Waals surface area (Å²) in [6.07, 6.45) is 0. The molecule has 0 unspecified atom stereocenters. The van der Waals surface area contributed by atoms with E-state index in [4.69, 9.17) is 10.5 Å². The number of nitrogens with one attached hydrogen (secondary N) is 2. The minimum absolute atomic E-state index is 0.112. The number of aromatic nitrogens is 2. The van der Waals surface area contributed by atoms with Gasteiger partial charge >= 0.3 is 0 Å². The Balaban J connectivity index is 1.62. The van der Waals surface area contributed by atoms with Gasteiger partial charge in [0.15, 0.2) is 6.61 Å². The van der Waals surface area contributed by atoms with Gasteiger partial charge in [0, 0.05) is 13.1 Å². The Morgan fingerprint density at radius 1 is 1.17 bits per heavy atom. The number of nitrogens with two attached hydrogens (primary N) is 1. The minimum Gasteiger partial charge on any atom is -0.484 e. The summed E-state index contributed by atoms with van der Waals surface area (Å²) in [5, 5.41) is 11.6. The SMILES string of the molecule is Nc1nonc1C(=O)NCCNC(=O)COc1ccc(F)cc1. The van der Waals surface area contributed by atoms with E-state index in [0.29, 0.717) is 5.75 Å². The second kappa shape index (κ2) is 7.73. The number of nitrogens with zero attached hydrogens (tertiary/aromatic N) is 2. The van der Waals surface area contributed by atoms with Gasteiger partial charge in [-0.1, -0.05) is 0 Å². The van der Waals surface area contributed by atoms with Crippen molar-refractivity contribution in [1.29, 1.82) is 0 Å². The molecule has 0 aliphatic heterocycles. The maximum atomic E-state index is 12.7. The van der Waals surface area contributed by atoms with E-state index < -0.39 is 5.91 Å². The van der Waals surface area contributed by atoms with Crippen LogP contribution in [0.3, 0.4) is 0 Å². The molecule has 0 spiro atoms. The number of rotatable bonds is 7. The first-order chi connectivity index (χ1) is 11.1. The van der Waals surface area contributed by atoms with Crippen molar-refractivity contribution in [2.24, 2.45) is 0 Å². The van der Waals surface area contributed by atoms with Crippen LogP contribution in [0.2, 0.25) is 0 Å². The molecule has 4 N–H and O–H groups in total. The first kappa shape index (κ1) is 16.2. The fourth-order valence-corrected chi connectivity index (χ4v) is 1.55. The molecular weight excluding hydrogens is 309 g/mol. The topological polar surface area (TPSA) is 132 Å². The molecule has 0 saturated heterocycles. The normalized spacial score (nSPS) is 10.1. The summed E-state index contributed by atoms with van der Waals surface area (Å²) >= 11 is 0. The van der Waals surface area contributed by atoms with Crippen LogP contribution < -0.4 is 21.1 Å². The molecule has 0 bridgehead atoms. The molecule has 10 heteroatoms. The zero-order valence-electron chi connectivity index (χ0n) is 11.9. The first-order valence-corrected chi connectivity index (χ1v) is 6.57. The number of carbonyl (C=O) groups is 2. The molecular formula is C13H14FN5O4. The van der Waals surface area contributed by atoms with E-state index in [0.717, 1.165) is 0 Å². The molecule has 0 radical (unpaired) electrons. The predicted molar refractivity (Wildman–Crippen MR) is 75.9 cm³/mol. The summed E-state index contributed by atoms with van der Waals surface area (Å²) in [6.45, 7) is 0.121. The van der Waals surface area contributed by atoms with Gasteiger partial charge < -0.3 is 21.1 Å². The molecule has 1 aromatic carbocycles. The number of anilines is 1. The van der Waals surface area contributed by atoms with E-state index in [1.165, 1.54) is 24.3 Å². The van der Waals surface area contributed by atoms with Crippen molar-refractivity contribution < 1.29 is 23.3 Å². The van der Waals surface area contributed by atoms with Crippen LogP contribution in [-0.4, -0.2) is 41.8 Å². The van der Waals surface area contributed by atoms with Crippen molar-refractivity contribution >= 4 is 17.6 Å². The minimum atomic E-state index is -0.555. The highest BCUT2D eigenvalue weighted by Crippen LogP contribution is 2.10. The largest absolute Gasteiger partial charge is 0.484 e. The fourth-order valence-electron chi connectivity index (χ4n) is 1.55. The molecule has 0 aliphatic carbocycles. The molecule has 23 heavy (non-hydrogen) atoms. The third kappa shape index (κ3) is 4.95. The summed E-state index contributed by atoms with van der Waals surface area (Å²) in [4.78, 5) is 23.1. The average molecular weight is 323 g/mol. The lowest BCUT2D eigenvalue weighted by Crippen LogP contribution is -2.37. The highest BCUT2D eigenvalue weighted by atomic mass is 19.1. The van der Waals surface area contributed by atoms with Gasteiger partial charge in [0.1, 0.15) is 11.6 Å². The molecule has 2 amide bonds. The van der Waals surface area contributed by atoms with Crippen LogP contribution in [0.15, 0.2) is 28.9 Å². The maximum absolute atomic E-state index is 12.7. The number of ether oxygens (including phenoxy) is 1. The van der Waals surface area contributed by atoms with Gasteiger partial charge in [-0.2, -0.15) is 0 Å². The van der Waals surface area contributed by atoms with Crippen molar-refractivity contribution in [3.63, 3.8) is 0 Å². The zero-order chi connectivity index (χ0) is 16.7. The van der Waals surface area contributed by atoms with Crippen molar-refractivity contribution in [3.05, 3.63) is 35.8 Å². The molecule has 2 rings (SSSR count). The number of halogens is 1. The van der Waals surface area contributed by atoms with E-state index in [1.807, 2.05) is 0 Å². The monoisotopic (exact) mass is 323 g/mol. The van der Waals surface area contributed by atoms with E-state index in [2.05, 4.69) is 25.6 Å². The van der Waals surface area contributed by atoms with Crippen LogP contribution in [0.5, 0.6) is 5.75 Å². The third-order valence-electron chi connectivity index (χ3n) is 2.65. The van der Waals surface area contributed by atoms with E-state index in [9.17, 15) is 14.0 Å².